The highest BCUT2D eigenvalue weighted by Gasteiger charge is 2.18. The molecule has 0 atom stereocenters. The van der Waals surface area contributed by atoms with E-state index in [9.17, 15) is 4.39 Å². The maximum atomic E-state index is 14.1. The summed E-state index contributed by atoms with van der Waals surface area (Å²) in [5.74, 6) is 0.257. The number of rotatable bonds is 4. The molecule has 1 fully saturated rings. The van der Waals surface area contributed by atoms with Gasteiger partial charge in [-0.25, -0.2) is 24.0 Å². The second kappa shape index (κ2) is 7.56. The Kier molecular flexibility index (Phi) is 4.61. The predicted molar refractivity (Wildman–Crippen MR) is 107 cm³/mol. The third kappa shape index (κ3) is 3.42. The fraction of sp³-hybridized carbons (Fsp3) is 0.238. The number of hydrogen-bond acceptors (Lipinski definition) is 6. The Hall–Kier alpha value is -3.39. The highest BCUT2D eigenvalue weighted by atomic mass is 19.1. The molecule has 0 aliphatic carbocycles. The van der Waals surface area contributed by atoms with Crippen molar-refractivity contribution in [3.05, 3.63) is 66.4 Å². The first kappa shape index (κ1) is 17.7. The van der Waals surface area contributed by atoms with Crippen molar-refractivity contribution in [1.82, 2.24) is 24.7 Å². The van der Waals surface area contributed by atoms with Crippen LogP contribution in [0.15, 0.2) is 55.0 Å². The standard InChI is InChI=1S/C21H19FN6O/c22-18-6-2-1-4-15(18)14-28-21-17(5-3-7-23-21)19(26-28)20-24-12-16(13-25-20)27-8-10-29-11-9-27/h1-7,12-13H,8-11,14H2. The Morgan fingerprint density at radius 1 is 0.966 bits per heavy atom. The molecule has 4 heterocycles. The number of hydrogen-bond donors (Lipinski definition) is 0. The topological polar surface area (TPSA) is 69.0 Å². The summed E-state index contributed by atoms with van der Waals surface area (Å²) in [7, 11) is 0. The molecule has 8 heteroatoms. The van der Waals surface area contributed by atoms with E-state index in [0.717, 1.165) is 24.2 Å². The Balaban J connectivity index is 1.51. The highest BCUT2D eigenvalue weighted by molar-refractivity contribution is 5.89. The third-order valence-corrected chi connectivity index (χ3v) is 5.01. The number of nitrogens with zero attached hydrogens (tertiary/aromatic N) is 6. The smallest absolute Gasteiger partial charge is 0.180 e. The summed E-state index contributed by atoms with van der Waals surface area (Å²) in [6.45, 7) is 3.35. The van der Waals surface area contributed by atoms with Crippen LogP contribution in [0.2, 0.25) is 0 Å². The molecule has 4 aromatic rings. The van der Waals surface area contributed by atoms with E-state index < -0.39 is 0 Å². The van der Waals surface area contributed by atoms with Crippen LogP contribution in [0, 0.1) is 5.82 Å². The van der Waals surface area contributed by atoms with Crippen molar-refractivity contribution in [2.24, 2.45) is 0 Å². The lowest BCUT2D eigenvalue weighted by Crippen LogP contribution is -2.36. The summed E-state index contributed by atoms with van der Waals surface area (Å²) in [6, 6.07) is 10.5. The maximum Gasteiger partial charge on any atom is 0.180 e. The minimum atomic E-state index is -0.264. The van der Waals surface area contributed by atoms with Crippen molar-refractivity contribution in [2.45, 2.75) is 6.54 Å². The lowest BCUT2D eigenvalue weighted by molar-refractivity contribution is 0.122. The third-order valence-electron chi connectivity index (χ3n) is 5.01. The van der Waals surface area contributed by atoms with Crippen LogP contribution >= 0.6 is 0 Å². The van der Waals surface area contributed by atoms with Crippen molar-refractivity contribution in [1.29, 1.82) is 0 Å². The van der Waals surface area contributed by atoms with Gasteiger partial charge < -0.3 is 9.64 Å². The van der Waals surface area contributed by atoms with E-state index >= 15 is 0 Å². The number of benzene rings is 1. The van der Waals surface area contributed by atoms with Crippen molar-refractivity contribution in [2.75, 3.05) is 31.2 Å². The summed E-state index contributed by atoms with van der Waals surface area (Å²) in [6.07, 6.45) is 5.32. The van der Waals surface area contributed by atoms with Gasteiger partial charge in [-0.15, -0.1) is 0 Å². The predicted octanol–water partition coefficient (Wildman–Crippen LogP) is 2.91. The summed E-state index contributed by atoms with van der Waals surface area (Å²) in [5.41, 5.74) is 2.83. The fourth-order valence-electron chi connectivity index (χ4n) is 3.50. The molecular formula is C21H19FN6O. The van der Waals surface area contributed by atoms with Crippen molar-refractivity contribution in [3.63, 3.8) is 0 Å². The zero-order chi connectivity index (χ0) is 19.6. The molecular weight excluding hydrogens is 371 g/mol. The largest absolute Gasteiger partial charge is 0.378 e. The number of fused-ring (bicyclic) bond motifs is 1. The maximum absolute atomic E-state index is 14.1. The summed E-state index contributed by atoms with van der Waals surface area (Å²) < 4.78 is 21.2. The summed E-state index contributed by atoms with van der Waals surface area (Å²) in [4.78, 5) is 15.7. The van der Waals surface area contributed by atoms with Gasteiger partial charge in [0.15, 0.2) is 11.5 Å². The Morgan fingerprint density at radius 2 is 1.76 bits per heavy atom. The number of anilines is 1. The molecule has 1 saturated heterocycles. The minimum absolute atomic E-state index is 0.264. The van der Waals surface area contributed by atoms with Crippen LogP contribution in [-0.4, -0.2) is 51.0 Å². The first-order chi connectivity index (χ1) is 14.3. The number of halogens is 1. The average molecular weight is 390 g/mol. The van der Waals surface area contributed by atoms with Crippen LogP contribution in [0.3, 0.4) is 0 Å². The summed E-state index contributed by atoms with van der Waals surface area (Å²) >= 11 is 0. The van der Waals surface area contributed by atoms with Gasteiger partial charge >= 0.3 is 0 Å². The van der Waals surface area contributed by atoms with E-state index in [2.05, 4.69) is 25.0 Å². The molecule has 7 nitrogen and oxygen atoms in total. The number of ether oxygens (including phenoxy) is 1. The SMILES string of the molecule is Fc1ccccc1Cn1nc(-c2ncc(N3CCOCC3)cn2)c2cccnc21. The summed E-state index contributed by atoms with van der Waals surface area (Å²) in [5, 5.41) is 5.50. The molecule has 5 rings (SSSR count). The van der Waals surface area contributed by atoms with E-state index in [-0.39, 0.29) is 12.4 Å². The number of aromatic nitrogens is 5. The molecule has 0 amide bonds. The van der Waals surface area contributed by atoms with Gasteiger partial charge in [0.25, 0.3) is 0 Å². The van der Waals surface area contributed by atoms with E-state index in [1.807, 2.05) is 30.6 Å². The van der Waals surface area contributed by atoms with Gasteiger partial charge in [-0.3, -0.25) is 0 Å². The molecule has 1 aromatic carbocycles. The van der Waals surface area contributed by atoms with E-state index in [0.29, 0.717) is 35.9 Å². The minimum Gasteiger partial charge on any atom is -0.378 e. The molecule has 1 aliphatic heterocycles. The van der Waals surface area contributed by atoms with Crippen LogP contribution in [0.1, 0.15) is 5.56 Å². The second-order valence-corrected chi connectivity index (χ2v) is 6.84. The molecule has 0 spiro atoms. The molecule has 0 unspecified atom stereocenters. The Labute approximate surface area is 166 Å². The van der Waals surface area contributed by atoms with Gasteiger partial charge in [0.2, 0.25) is 0 Å². The zero-order valence-corrected chi connectivity index (χ0v) is 15.7. The normalized spacial score (nSPS) is 14.4. The number of morpholine rings is 1. The first-order valence-electron chi connectivity index (χ1n) is 9.49. The fourth-order valence-corrected chi connectivity index (χ4v) is 3.50. The molecule has 0 radical (unpaired) electrons. The monoisotopic (exact) mass is 390 g/mol. The van der Waals surface area contributed by atoms with Crippen LogP contribution in [0.5, 0.6) is 0 Å². The van der Waals surface area contributed by atoms with Gasteiger partial charge in [-0.1, -0.05) is 18.2 Å². The van der Waals surface area contributed by atoms with Gasteiger partial charge in [-0.2, -0.15) is 5.10 Å². The first-order valence-corrected chi connectivity index (χ1v) is 9.49. The lowest BCUT2D eigenvalue weighted by Gasteiger charge is -2.28. The second-order valence-electron chi connectivity index (χ2n) is 6.84. The number of pyridine rings is 1. The molecule has 0 N–H and O–H groups in total. The molecule has 0 bridgehead atoms. The van der Waals surface area contributed by atoms with Crippen LogP contribution < -0.4 is 4.90 Å². The lowest BCUT2D eigenvalue weighted by atomic mass is 10.2. The van der Waals surface area contributed by atoms with E-state index in [1.54, 1.807) is 23.0 Å². The Morgan fingerprint density at radius 3 is 2.55 bits per heavy atom. The average Bonchev–Trinajstić information content (AvgIpc) is 3.15. The quantitative estimate of drug-likeness (QED) is 0.534. The van der Waals surface area contributed by atoms with Crippen LogP contribution in [0.25, 0.3) is 22.6 Å². The molecule has 1 aliphatic rings. The van der Waals surface area contributed by atoms with Gasteiger partial charge in [-0.05, 0) is 18.2 Å². The molecule has 0 saturated carbocycles. The zero-order valence-electron chi connectivity index (χ0n) is 15.7. The van der Waals surface area contributed by atoms with Crippen LogP contribution in [0.4, 0.5) is 10.1 Å². The van der Waals surface area contributed by atoms with Gasteiger partial charge in [0, 0.05) is 24.8 Å². The Bertz CT molecular complexity index is 1140. The van der Waals surface area contributed by atoms with Crippen molar-refractivity contribution >= 4 is 16.7 Å². The molecule has 146 valence electrons. The molecule has 3 aromatic heterocycles. The van der Waals surface area contributed by atoms with Gasteiger partial charge in [0.1, 0.15) is 11.5 Å². The van der Waals surface area contributed by atoms with E-state index in [1.165, 1.54) is 6.07 Å². The van der Waals surface area contributed by atoms with Crippen molar-refractivity contribution in [3.8, 4) is 11.5 Å². The highest BCUT2D eigenvalue weighted by Crippen LogP contribution is 2.26. The van der Waals surface area contributed by atoms with Gasteiger partial charge in [0.05, 0.1) is 43.2 Å². The van der Waals surface area contributed by atoms with Crippen LogP contribution in [-0.2, 0) is 11.3 Å². The molecule has 29 heavy (non-hydrogen) atoms. The van der Waals surface area contributed by atoms with E-state index in [4.69, 9.17) is 4.74 Å². The van der Waals surface area contributed by atoms with Crippen molar-refractivity contribution < 1.29 is 9.13 Å².